The molecule has 1 atom stereocenters. The van der Waals surface area contributed by atoms with Gasteiger partial charge in [0.1, 0.15) is 6.61 Å². The fourth-order valence-electron chi connectivity index (χ4n) is 2.50. The summed E-state index contributed by atoms with van der Waals surface area (Å²) in [7, 11) is 1.63. The summed E-state index contributed by atoms with van der Waals surface area (Å²) >= 11 is 0. The lowest BCUT2D eigenvalue weighted by atomic mass is 10.0. The number of nitrogens with one attached hydrogen (secondary N) is 1. The number of anilines is 1. The molecule has 0 amide bonds. The lowest BCUT2D eigenvalue weighted by Crippen LogP contribution is -2.27. The van der Waals surface area contributed by atoms with E-state index in [-0.39, 0.29) is 6.10 Å². The molecule has 2 aromatic carbocycles. The van der Waals surface area contributed by atoms with Gasteiger partial charge in [0.2, 0.25) is 0 Å². The van der Waals surface area contributed by atoms with Crippen LogP contribution < -0.4 is 14.8 Å². The molecule has 0 spiro atoms. The summed E-state index contributed by atoms with van der Waals surface area (Å²) in [6, 6.07) is 13.9. The van der Waals surface area contributed by atoms with Crippen LogP contribution in [0.5, 0.6) is 11.5 Å². The molecule has 0 saturated carbocycles. The van der Waals surface area contributed by atoms with Gasteiger partial charge in [-0.1, -0.05) is 30.3 Å². The number of benzene rings is 2. The first-order valence-corrected chi connectivity index (χ1v) is 7.06. The number of aliphatic hydroxyl groups excluding tert-OH is 1. The Morgan fingerprint density at radius 1 is 1.19 bits per heavy atom. The van der Waals surface area contributed by atoms with E-state index < -0.39 is 0 Å². The van der Waals surface area contributed by atoms with E-state index in [1.807, 2.05) is 42.5 Å². The van der Waals surface area contributed by atoms with Crippen molar-refractivity contribution in [2.75, 3.05) is 19.0 Å². The van der Waals surface area contributed by atoms with Crippen LogP contribution in [-0.2, 0) is 13.0 Å². The van der Waals surface area contributed by atoms with Gasteiger partial charge in [-0.05, 0) is 17.2 Å². The van der Waals surface area contributed by atoms with Crippen molar-refractivity contribution in [3.8, 4) is 11.5 Å². The van der Waals surface area contributed by atoms with E-state index >= 15 is 0 Å². The first-order valence-electron chi connectivity index (χ1n) is 7.06. The number of methoxy groups -OCH3 is 1. The Morgan fingerprint density at radius 2 is 2.00 bits per heavy atom. The van der Waals surface area contributed by atoms with Crippen molar-refractivity contribution in [1.82, 2.24) is 0 Å². The zero-order valence-corrected chi connectivity index (χ0v) is 12.0. The molecule has 0 fully saturated rings. The number of β-amino-alcohol motifs (C(OH)–C–C–N with tert-alkyl or cyclic N) is 1. The summed E-state index contributed by atoms with van der Waals surface area (Å²) in [5.41, 5.74) is 3.16. The fraction of sp³-hybridized carbons (Fsp3) is 0.294. The lowest BCUT2D eigenvalue weighted by Gasteiger charge is -2.24. The molecule has 0 saturated heterocycles. The van der Waals surface area contributed by atoms with Crippen molar-refractivity contribution in [3.63, 3.8) is 0 Å². The maximum Gasteiger partial charge on any atom is 0.162 e. The number of fused-ring (bicyclic) bond motifs is 1. The summed E-state index contributed by atoms with van der Waals surface area (Å²) in [4.78, 5) is 0. The normalized spacial score (nSPS) is 16.8. The van der Waals surface area contributed by atoms with Gasteiger partial charge >= 0.3 is 0 Å². The van der Waals surface area contributed by atoms with Crippen LogP contribution in [0.3, 0.4) is 0 Å². The smallest absolute Gasteiger partial charge is 0.162 e. The Morgan fingerprint density at radius 3 is 2.76 bits per heavy atom. The molecule has 0 aliphatic carbocycles. The van der Waals surface area contributed by atoms with Crippen LogP contribution >= 0.6 is 0 Å². The fourth-order valence-corrected chi connectivity index (χ4v) is 2.50. The van der Waals surface area contributed by atoms with E-state index in [2.05, 4.69) is 5.32 Å². The molecule has 1 aliphatic rings. The second-order valence-electron chi connectivity index (χ2n) is 5.17. The summed E-state index contributed by atoms with van der Waals surface area (Å²) < 4.78 is 11.3. The Hall–Kier alpha value is -2.20. The molecule has 0 radical (unpaired) electrons. The van der Waals surface area contributed by atoms with Crippen LogP contribution in [0.4, 0.5) is 5.69 Å². The Kier molecular flexibility index (Phi) is 3.97. The minimum atomic E-state index is -0.354. The van der Waals surface area contributed by atoms with Gasteiger partial charge in [-0.2, -0.15) is 0 Å². The Balaban J connectivity index is 1.82. The maximum atomic E-state index is 9.75. The molecule has 0 aromatic heterocycles. The number of ether oxygens (including phenoxy) is 2. The predicted molar refractivity (Wildman–Crippen MR) is 82.0 cm³/mol. The first-order chi connectivity index (χ1) is 10.3. The molecule has 2 N–H and O–H groups in total. The minimum absolute atomic E-state index is 0.354. The molecule has 1 heterocycles. The lowest BCUT2D eigenvalue weighted by molar-refractivity contribution is 0.184. The van der Waals surface area contributed by atoms with E-state index in [1.165, 1.54) is 0 Å². The molecular formula is C17H19NO3. The topological polar surface area (TPSA) is 50.7 Å². The van der Waals surface area contributed by atoms with Gasteiger partial charge < -0.3 is 19.9 Å². The van der Waals surface area contributed by atoms with Gasteiger partial charge in [-0.3, -0.25) is 0 Å². The van der Waals surface area contributed by atoms with Crippen LogP contribution in [-0.4, -0.2) is 24.9 Å². The summed E-state index contributed by atoms with van der Waals surface area (Å²) in [5, 5.41) is 12.9. The van der Waals surface area contributed by atoms with Crippen LogP contribution in [0.1, 0.15) is 11.1 Å². The zero-order chi connectivity index (χ0) is 14.7. The SMILES string of the molecule is COc1cc2c(cc1OCc1ccccc1)C[C@@H](O)CN2. The van der Waals surface area contributed by atoms with Gasteiger partial charge in [0, 0.05) is 24.7 Å². The van der Waals surface area contributed by atoms with Gasteiger partial charge in [0.05, 0.1) is 13.2 Å². The van der Waals surface area contributed by atoms with E-state index in [1.54, 1.807) is 7.11 Å². The van der Waals surface area contributed by atoms with Crippen LogP contribution in [0, 0.1) is 0 Å². The largest absolute Gasteiger partial charge is 0.493 e. The molecule has 110 valence electrons. The second kappa shape index (κ2) is 6.06. The molecule has 21 heavy (non-hydrogen) atoms. The van der Waals surface area contributed by atoms with Crippen LogP contribution in [0.15, 0.2) is 42.5 Å². The van der Waals surface area contributed by atoms with Gasteiger partial charge in [0.15, 0.2) is 11.5 Å². The zero-order valence-electron chi connectivity index (χ0n) is 12.0. The highest BCUT2D eigenvalue weighted by Gasteiger charge is 2.19. The third-order valence-electron chi connectivity index (χ3n) is 3.61. The standard InChI is InChI=1S/C17H19NO3/c1-20-16-9-15-13(7-14(19)10-18-15)8-17(16)21-11-12-5-3-2-4-6-12/h2-6,8-9,14,18-19H,7,10-11H2,1H3/t14-/m1/s1. The van der Waals surface area contributed by atoms with E-state index in [0.29, 0.717) is 31.1 Å². The van der Waals surface area contributed by atoms with Crippen molar-refractivity contribution < 1.29 is 14.6 Å². The molecule has 2 aromatic rings. The minimum Gasteiger partial charge on any atom is -0.493 e. The average molecular weight is 285 g/mol. The summed E-state index contributed by atoms with van der Waals surface area (Å²) in [6.07, 6.45) is 0.279. The van der Waals surface area contributed by atoms with Gasteiger partial charge in [-0.15, -0.1) is 0 Å². The van der Waals surface area contributed by atoms with Crippen molar-refractivity contribution in [2.45, 2.75) is 19.1 Å². The van der Waals surface area contributed by atoms with Crippen molar-refractivity contribution >= 4 is 5.69 Å². The quantitative estimate of drug-likeness (QED) is 0.906. The Labute approximate surface area is 124 Å². The third kappa shape index (κ3) is 3.11. The molecule has 4 heteroatoms. The molecular weight excluding hydrogens is 266 g/mol. The molecule has 0 unspecified atom stereocenters. The Bertz CT molecular complexity index is 613. The van der Waals surface area contributed by atoms with Crippen LogP contribution in [0.25, 0.3) is 0 Å². The van der Waals surface area contributed by atoms with E-state index in [9.17, 15) is 5.11 Å². The first kappa shape index (κ1) is 13.8. The highest BCUT2D eigenvalue weighted by molar-refractivity contribution is 5.62. The van der Waals surface area contributed by atoms with Crippen molar-refractivity contribution in [3.05, 3.63) is 53.6 Å². The third-order valence-corrected chi connectivity index (χ3v) is 3.61. The molecule has 0 bridgehead atoms. The summed E-state index contributed by atoms with van der Waals surface area (Å²) in [5.74, 6) is 1.41. The van der Waals surface area contributed by atoms with E-state index in [0.717, 1.165) is 16.8 Å². The van der Waals surface area contributed by atoms with Gasteiger partial charge in [0.25, 0.3) is 0 Å². The van der Waals surface area contributed by atoms with Gasteiger partial charge in [-0.25, -0.2) is 0 Å². The molecule has 1 aliphatic heterocycles. The van der Waals surface area contributed by atoms with Crippen molar-refractivity contribution in [1.29, 1.82) is 0 Å². The predicted octanol–water partition coefficient (Wildman–Crippen LogP) is 2.60. The van der Waals surface area contributed by atoms with Crippen LogP contribution in [0.2, 0.25) is 0 Å². The average Bonchev–Trinajstić information content (AvgIpc) is 2.53. The maximum absolute atomic E-state index is 9.75. The number of aliphatic hydroxyl groups is 1. The number of hydrogen-bond donors (Lipinski definition) is 2. The van der Waals surface area contributed by atoms with E-state index in [4.69, 9.17) is 9.47 Å². The summed E-state index contributed by atoms with van der Waals surface area (Å²) in [6.45, 7) is 1.06. The highest BCUT2D eigenvalue weighted by Crippen LogP contribution is 2.36. The second-order valence-corrected chi connectivity index (χ2v) is 5.17. The number of hydrogen-bond acceptors (Lipinski definition) is 4. The molecule has 3 rings (SSSR count). The highest BCUT2D eigenvalue weighted by atomic mass is 16.5. The molecule has 4 nitrogen and oxygen atoms in total. The van der Waals surface area contributed by atoms with Crippen molar-refractivity contribution in [2.24, 2.45) is 0 Å². The monoisotopic (exact) mass is 285 g/mol. The number of rotatable bonds is 4.